The minimum absolute atomic E-state index is 0.500. The van der Waals surface area contributed by atoms with Crippen molar-refractivity contribution in [1.82, 2.24) is 0 Å². The van der Waals surface area contributed by atoms with Crippen molar-refractivity contribution >= 4 is 12.0 Å². The van der Waals surface area contributed by atoms with E-state index in [1.807, 2.05) is 0 Å². The van der Waals surface area contributed by atoms with E-state index in [0.717, 1.165) is 12.0 Å². The van der Waals surface area contributed by atoms with Crippen LogP contribution < -0.4 is 0 Å². The van der Waals surface area contributed by atoms with E-state index < -0.39 is 5.62 Å². The molecule has 0 saturated carbocycles. The van der Waals surface area contributed by atoms with Gasteiger partial charge in [0.2, 0.25) is 5.62 Å². The Balaban J connectivity index is 2.17. The lowest BCUT2D eigenvalue weighted by atomic mass is 11.5. The molecule has 0 aromatic rings. The summed E-state index contributed by atoms with van der Waals surface area (Å²) in [5, 5.41) is 7.91. The van der Waals surface area contributed by atoms with Crippen molar-refractivity contribution < 1.29 is 9.29 Å². The van der Waals surface area contributed by atoms with Crippen LogP contribution in [0.5, 0.6) is 0 Å². The molecule has 24 valence electrons. The molecular weight excluding hydrogens is 76.1 g/mol. The fraction of sp³-hybridized carbons (Fsp3) is 1.00. The first-order valence-electron chi connectivity index (χ1n) is 0.896. The molecular formula is CH2O2S. The van der Waals surface area contributed by atoms with E-state index in [4.69, 9.17) is 5.11 Å². The summed E-state index contributed by atoms with van der Waals surface area (Å²) in [4.78, 5) is 0. The molecule has 0 bridgehead atoms. The smallest absolute Gasteiger partial charge is 0.242 e. The minimum Gasteiger partial charge on any atom is -0.357 e. The second-order valence-corrected chi connectivity index (χ2v) is 1.29. The van der Waals surface area contributed by atoms with Gasteiger partial charge in [-0.3, -0.25) is 4.18 Å². The molecule has 0 aliphatic carbocycles. The highest BCUT2D eigenvalue weighted by Crippen LogP contribution is 2.29. The van der Waals surface area contributed by atoms with Crippen LogP contribution in [-0.2, 0) is 4.18 Å². The lowest BCUT2D eigenvalue weighted by molar-refractivity contribution is 0.157. The van der Waals surface area contributed by atoms with Crippen LogP contribution in [0.15, 0.2) is 0 Å². The summed E-state index contributed by atoms with van der Waals surface area (Å²) in [6.45, 7) is 0. The molecule has 1 N–H and O–H groups in total. The summed E-state index contributed by atoms with van der Waals surface area (Å²) in [6, 6.07) is 0. The molecule has 3 heteroatoms. The monoisotopic (exact) mass is 78.0 g/mol. The number of rotatable bonds is 0. The van der Waals surface area contributed by atoms with Crippen LogP contribution >= 0.6 is 12.0 Å². The zero-order chi connectivity index (χ0) is 2.99. The minimum atomic E-state index is -0.500. The average Bonchev–Trinajstić information content (AvgIpc) is 1.75. The zero-order valence-electron chi connectivity index (χ0n) is 1.84. The van der Waals surface area contributed by atoms with Crippen LogP contribution in [0.1, 0.15) is 0 Å². The first-order chi connectivity index (χ1) is 1.89. The van der Waals surface area contributed by atoms with E-state index in [2.05, 4.69) is 4.18 Å². The van der Waals surface area contributed by atoms with Crippen LogP contribution in [0.2, 0.25) is 0 Å². The van der Waals surface area contributed by atoms with Gasteiger partial charge in [-0.05, 0) is 0 Å². The number of aliphatic hydroxyl groups is 1. The molecule has 0 aromatic heterocycles. The van der Waals surface area contributed by atoms with E-state index in [0.29, 0.717) is 0 Å². The third-order valence-corrected chi connectivity index (χ3v) is 0.547. The highest BCUT2D eigenvalue weighted by Gasteiger charge is 2.19. The van der Waals surface area contributed by atoms with Gasteiger partial charge in [0, 0.05) is 0 Å². The topological polar surface area (TPSA) is 32.8 Å². The third-order valence-electron chi connectivity index (χ3n) is 0.182. The molecule has 1 saturated heterocycles. The molecule has 1 fully saturated rings. The molecule has 2 nitrogen and oxygen atoms in total. The van der Waals surface area contributed by atoms with Gasteiger partial charge in [-0.2, -0.15) is 0 Å². The Bertz CT molecular complexity index is 25.2. The van der Waals surface area contributed by atoms with Crippen molar-refractivity contribution in [1.29, 1.82) is 0 Å². The molecule has 0 aromatic carbocycles. The fourth-order valence-electron chi connectivity index (χ4n) is 0.0248. The highest BCUT2D eigenvalue weighted by molar-refractivity contribution is 8.00. The molecule has 1 aliphatic rings. The zero-order valence-corrected chi connectivity index (χ0v) is 2.66. The highest BCUT2D eigenvalue weighted by atomic mass is 32.2. The Hall–Kier alpha value is 0.270. The van der Waals surface area contributed by atoms with Crippen molar-refractivity contribution in [2.24, 2.45) is 0 Å². The van der Waals surface area contributed by atoms with Crippen molar-refractivity contribution in [3.05, 3.63) is 0 Å². The summed E-state index contributed by atoms with van der Waals surface area (Å²) in [5.74, 6) is 0. The van der Waals surface area contributed by atoms with Crippen LogP contribution in [0, 0.1) is 0 Å². The summed E-state index contributed by atoms with van der Waals surface area (Å²) in [7, 11) is 0. The Kier molecular flexibility index (Phi) is 0.380. The second kappa shape index (κ2) is 0.607. The summed E-state index contributed by atoms with van der Waals surface area (Å²) in [5.41, 5.74) is -0.500. The summed E-state index contributed by atoms with van der Waals surface area (Å²) < 4.78 is 4.18. The van der Waals surface area contributed by atoms with Crippen molar-refractivity contribution in [2.45, 2.75) is 5.62 Å². The molecule has 1 heterocycles. The van der Waals surface area contributed by atoms with Crippen molar-refractivity contribution in [2.75, 3.05) is 0 Å². The molecule has 4 heavy (non-hydrogen) atoms. The maximum atomic E-state index is 7.91. The van der Waals surface area contributed by atoms with Gasteiger partial charge in [0.25, 0.3) is 0 Å². The van der Waals surface area contributed by atoms with Crippen LogP contribution in [0.4, 0.5) is 0 Å². The average molecular weight is 78.1 g/mol. The summed E-state index contributed by atoms with van der Waals surface area (Å²) >= 11 is 1.08. The second-order valence-electron chi connectivity index (χ2n) is 0.499. The Morgan fingerprint density at radius 3 is 2.25 bits per heavy atom. The van der Waals surface area contributed by atoms with Gasteiger partial charge < -0.3 is 5.11 Å². The molecule has 1 aliphatic heterocycles. The van der Waals surface area contributed by atoms with Gasteiger partial charge in [-0.1, -0.05) is 0 Å². The SMILES string of the molecule is OC1OS1. The molecule has 0 amide bonds. The fourth-order valence-corrected chi connectivity index (χ4v) is 0.0745. The summed E-state index contributed by atoms with van der Waals surface area (Å²) in [6.07, 6.45) is 0. The van der Waals surface area contributed by atoms with Crippen molar-refractivity contribution in [3.8, 4) is 0 Å². The quantitative estimate of drug-likeness (QED) is 0.325. The van der Waals surface area contributed by atoms with E-state index in [1.54, 1.807) is 0 Å². The van der Waals surface area contributed by atoms with Gasteiger partial charge in [-0.15, -0.1) is 0 Å². The maximum absolute atomic E-state index is 7.91. The lowest BCUT2D eigenvalue weighted by Crippen LogP contribution is -1.65. The predicted octanol–water partition coefficient (Wildman–Crippen LogP) is -0.0593. The van der Waals surface area contributed by atoms with Gasteiger partial charge in [0.15, 0.2) is 0 Å². The van der Waals surface area contributed by atoms with Gasteiger partial charge >= 0.3 is 0 Å². The molecule has 1 atom stereocenters. The predicted molar refractivity (Wildman–Crippen MR) is 14.7 cm³/mol. The van der Waals surface area contributed by atoms with E-state index in [-0.39, 0.29) is 0 Å². The maximum Gasteiger partial charge on any atom is 0.242 e. The van der Waals surface area contributed by atoms with Crippen LogP contribution in [-0.4, -0.2) is 10.7 Å². The third kappa shape index (κ3) is 0.342. The molecule has 1 unspecified atom stereocenters. The van der Waals surface area contributed by atoms with E-state index in [1.165, 1.54) is 0 Å². The van der Waals surface area contributed by atoms with Crippen LogP contribution in [0.3, 0.4) is 0 Å². The Morgan fingerprint density at radius 1 is 2.00 bits per heavy atom. The molecule has 1 rings (SSSR count). The van der Waals surface area contributed by atoms with Crippen molar-refractivity contribution in [3.63, 3.8) is 0 Å². The Labute approximate surface area is 28.0 Å². The van der Waals surface area contributed by atoms with Gasteiger partial charge in [-0.25, -0.2) is 0 Å². The van der Waals surface area contributed by atoms with E-state index >= 15 is 0 Å². The van der Waals surface area contributed by atoms with E-state index in [9.17, 15) is 0 Å². The number of aliphatic hydroxyl groups excluding tert-OH is 1. The van der Waals surface area contributed by atoms with Gasteiger partial charge in [0.1, 0.15) is 0 Å². The van der Waals surface area contributed by atoms with Gasteiger partial charge in [0.05, 0.1) is 12.0 Å². The first kappa shape index (κ1) is 2.50. The number of hydrogen-bond donors (Lipinski definition) is 1. The molecule has 0 radical (unpaired) electrons. The standard InChI is InChI=1S/CH2O2S/c2-1-3-4-1/h1-2H. The Morgan fingerprint density at radius 2 is 2.25 bits per heavy atom. The lowest BCUT2D eigenvalue weighted by Gasteiger charge is -1.50. The number of hydrogen-bond acceptors (Lipinski definition) is 3. The normalized spacial score (nSPS) is 39.8. The largest absolute Gasteiger partial charge is 0.357 e. The molecule has 0 spiro atoms. The van der Waals surface area contributed by atoms with Crippen LogP contribution in [0.25, 0.3) is 0 Å². The first-order valence-corrected chi connectivity index (χ1v) is 1.70.